The van der Waals surface area contributed by atoms with E-state index in [9.17, 15) is 4.79 Å². The highest BCUT2D eigenvalue weighted by Gasteiger charge is 2.21. The standard InChI is InChI=1S/C15H19N3O/c16-12-5-6-15(19)18(8-7-12)10-11-9-17-14-4-2-1-3-13(11)14/h1-4,9,12,17H,5-8,10,16H2. The van der Waals surface area contributed by atoms with Crippen LogP contribution in [-0.4, -0.2) is 28.4 Å². The van der Waals surface area contributed by atoms with Crippen LogP contribution in [0, 0.1) is 0 Å². The van der Waals surface area contributed by atoms with Gasteiger partial charge in [0.15, 0.2) is 0 Å². The number of hydrogen-bond acceptors (Lipinski definition) is 2. The van der Waals surface area contributed by atoms with Gasteiger partial charge in [-0.25, -0.2) is 0 Å². The van der Waals surface area contributed by atoms with E-state index >= 15 is 0 Å². The number of nitrogens with two attached hydrogens (primary N) is 1. The van der Waals surface area contributed by atoms with Crippen molar-refractivity contribution in [1.82, 2.24) is 9.88 Å². The minimum absolute atomic E-state index is 0.164. The van der Waals surface area contributed by atoms with E-state index in [-0.39, 0.29) is 11.9 Å². The predicted molar refractivity (Wildman–Crippen MR) is 75.5 cm³/mol. The Morgan fingerprint density at radius 2 is 2.16 bits per heavy atom. The molecule has 1 amide bonds. The molecule has 1 aromatic heterocycles. The lowest BCUT2D eigenvalue weighted by atomic mass is 10.1. The quantitative estimate of drug-likeness (QED) is 0.864. The topological polar surface area (TPSA) is 62.1 Å². The predicted octanol–water partition coefficient (Wildman–Crippen LogP) is 2.01. The van der Waals surface area contributed by atoms with Crippen molar-refractivity contribution < 1.29 is 4.79 Å². The number of aromatic nitrogens is 1. The first-order chi connectivity index (χ1) is 9.24. The van der Waals surface area contributed by atoms with E-state index in [1.807, 2.05) is 23.2 Å². The number of benzene rings is 1. The Morgan fingerprint density at radius 1 is 1.32 bits per heavy atom. The van der Waals surface area contributed by atoms with Crippen LogP contribution in [-0.2, 0) is 11.3 Å². The second kappa shape index (κ2) is 5.05. The van der Waals surface area contributed by atoms with Crippen molar-refractivity contribution >= 4 is 16.8 Å². The number of nitrogens with zero attached hydrogens (tertiary/aromatic N) is 1. The van der Waals surface area contributed by atoms with E-state index in [1.165, 1.54) is 10.9 Å². The number of carbonyl (C=O) groups is 1. The largest absolute Gasteiger partial charge is 0.361 e. The maximum absolute atomic E-state index is 12.1. The number of nitrogens with one attached hydrogen (secondary N) is 1. The minimum Gasteiger partial charge on any atom is -0.361 e. The van der Waals surface area contributed by atoms with E-state index in [2.05, 4.69) is 17.1 Å². The number of likely N-dealkylation sites (tertiary alicyclic amines) is 1. The first-order valence-corrected chi connectivity index (χ1v) is 6.82. The summed E-state index contributed by atoms with van der Waals surface area (Å²) < 4.78 is 0. The molecule has 1 saturated heterocycles. The monoisotopic (exact) mass is 257 g/mol. The zero-order chi connectivity index (χ0) is 13.2. The third kappa shape index (κ3) is 2.49. The number of amides is 1. The van der Waals surface area contributed by atoms with E-state index in [0.29, 0.717) is 13.0 Å². The Balaban J connectivity index is 1.82. The zero-order valence-electron chi connectivity index (χ0n) is 10.9. The maximum atomic E-state index is 12.1. The summed E-state index contributed by atoms with van der Waals surface area (Å²) in [5, 5.41) is 1.20. The van der Waals surface area contributed by atoms with Gasteiger partial charge in [0.2, 0.25) is 5.91 Å². The van der Waals surface area contributed by atoms with Gasteiger partial charge < -0.3 is 15.6 Å². The van der Waals surface area contributed by atoms with Gasteiger partial charge in [0.05, 0.1) is 0 Å². The lowest BCUT2D eigenvalue weighted by Gasteiger charge is -2.20. The average Bonchev–Trinajstić information content (AvgIpc) is 2.76. The number of H-pyrrole nitrogens is 1. The molecule has 0 saturated carbocycles. The fraction of sp³-hybridized carbons (Fsp3) is 0.400. The van der Waals surface area contributed by atoms with Crippen molar-refractivity contribution in [1.29, 1.82) is 0 Å². The molecule has 1 unspecified atom stereocenters. The molecule has 100 valence electrons. The van der Waals surface area contributed by atoms with Gasteiger partial charge in [-0.05, 0) is 24.5 Å². The summed E-state index contributed by atoms with van der Waals surface area (Å²) in [5.41, 5.74) is 8.24. The van der Waals surface area contributed by atoms with Gasteiger partial charge in [-0.15, -0.1) is 0 Å². The Kier molecular flexibility index (Phi) is 3.25. The van der Waals surface area contributed by atoms with Gasteiger partial charge in [-0.3, -0.25) is 4.79 Å². The molecular weight excluding hydrogens is 238 g/mol. The van der Waals surface area contributed by atoms with Crippen LogP contribution in [0.25, 0.3) is 10.9 Å². The van der Waals surface area contributed by atoms with Crippen molar-refractivity contribution in [2.24, 2.45) is 5.73 Å². The molecule has 2 heterocycles. The average molecular weight is 257 g/mol. The van der Waals surface area contributed by atoms with Crippen LogP contribution in [0.3, 0.4) is 0 Å². The smallest absolute Gasteiger partial charge is 0.222 e. The number of aromatic amines is 1. The maximum Gasteiger partial charge on any atom is 0.222 e. The van der Waals surface area contributed by atoms with Crippen molar-refractivity contribution in [2.45, 2.75) is 31.8 Å². The van der Waals surface area contributed by atoms with Gasteiger partial charge in [0, 0.05) is 42.7 Å². The first-order valence-electron chi connectivity index (χ1n) is 6.82. The van der Waals surface area contributed by atoms with Gasteiger partial charge in [0.25, 0.3) is 0 Å². The number of para-hydroxylation sites is 1. The Labute approximate surface area is 112 Å². The van der Waals surface area contributed by atoms with Crippen LogP contribution >= 0.6 is 0 Å². The summed E-state index contributed by atoms with van der Waals surface area (Å²) in [7, 11) is 0. The highest BCUT2D eigenvalue weighted by Crippen LogP contribution is 2.21. The molecule has 19 heavy (non-hydrogen) atoms. The second-order valence-corrected chi connectivity index (χ2v) is 5.26. The number of hydrogen-bond donors (Lipinski definition) is 2. The summed E-state index contributed by atoms with van der Waals surface area (Å²) in [5.74, 6) is 0.221. The molecule has 3 N–H and O–H groups in total. The normalized spacial score (nSPS) is 20.8. The molecule has 4 heteroatoms. The van der Waals surface area contributed by atoms with Gasteiger partial charge >= 0.3 is 0 Å². The van der Waals surface area contributed by atoms with Gasteiger partial charge in [0.1, 0.15) is 0 Å². The number of carbonyl (C=O) groups excluding carboxylic acids is 1. The van der Waals surface area contributed by atoms with Crippen LogP contribution in [0.15, 0.2) is 30.5 Å². The van der Waals surface area contributed by atoms with E-state index < -0.39 is 0 Å². The summed E-state index contributed by atoms with van der Waals surface area (Å²) in [6.45, 7) is 1.44. The lowest BCUT2D eigenvalue weighted by molar-refractivity contribution is -0.131. The van der Waals surface area contributed by atoms with Gasteiger partial charge in [-0.2, -0.15) is 0 Å². The molecule has 0 spiro atoms. The van der Waals surface area contributed by atoms with Gasteiger partial charge in [-0.1, -0.05) is 18.2 Å². The molecule has 0 bridgehead atoms. The third-order valence-corrected chi connectivity index (χ3v) is 3.89. The summed E-state index contributed by atoms with van der Waals surface area (Å²) in [6, 6.07) is 8.35. The third-order valence-electron chi connectivity index (χ3n) is 3.89. The summed E-state index contributed by atoms with van der Waals surface area (Å²) in [4.78, 5) is 17.3. The number of fused-ring (bicyclic) bond motifs is 1. The molecule has 0 radical (unpaired) electrons. The second-order valence-electron chi connectivity index (χ2n) is 5.26. The Hall–Kier alpha value is -1.81. The highest BCUT2D eigenvalue weighted by molar-refractivity contribution is 5.84. The van der Waals surface area contributed by atoms with Crippen LogP contribution in [0.2, 0.25) is 0 Å². The van der Waals surface area contributed by atoms with Crippen molar-refractivity contribution in [3.63, 3.8) is 0 Å². The van der Waals surface area contributed by atoms with E-state index in [4.69, 9.17) is 5.73 Å². The van der Waals surface area contributed by atoms with Crippen molar-refractivity contribution in [3.8, 4) is 0 Å². The number of rotatable bonds is 2. The van der Waals surface area contributed by atoms with Crippen LogP contribution in [0.1, 0.15) is 24.8 Å². The van der Waals surface area contributed by atoms with Crippen molar-refractivity contribution in [3.05, 3.63) is 36.0 Å². The highest BCUT2D eigenvalue weighted by atomic mass is 16.2. The molecule has 2 aromatic rings. The molecule has 0 aliphatic carbocycles. The van der Waals surface area contributed by atoms with Crippen LogP contribution in [0.5, 0.6) is 0 Å². The van der Waals surface area contributed by atoms with Crippen LogP contribution in [0.4, 0.5) is 0 Å². The molecule has 1 aliphatic heterocycles. The summed E-state index contributed by atoms with van der Waals surface area (Å²) >= 11 is 0. The molecule has 1 atom stereocenters. The van der Waals surface area contributed by atoms with Crippen molar-refractivity contribution in [2.75, 3.05) is 6.54 Å². The zero-order valence-corrected chi connectivity index (χ0v) is 10.9. The molecule has 4 nitrogen and oxygen atoms in total. The molecule has 1 fully saturated rings. The molecule has 1 aromatic carbocycles. The van der Waals surface area contributed by atoms with E-state index in [1.54, 1.807) is 0 Å². The summed E-state index contributed by atoms with van der Waals surface area (Å²) in [6.07, 6.45) is 4.28. The fourth-order valence-electron chi connectivity index (χ4n) is 2.69. The van der Waals surface area contributed by atoms with E-state index in [0.717, 1.165) is 24.9 Å². The Bertz CT molecular complexity index is 590. The van der Waals surface area contributed by atoms with Crippen LogP contribution < -0.4 is 5.73 Å². The Morgan fingerprint density at radius 3 is 3.05 bits per heavy atom. The SMILES string of the molecule is NC1CCC(=O)N(Cc2c[nH]c3ccccc23)CC1. The minimum atomic E-state index is 0.164. The molecular formula is C15H19N3O. The fourth-order valence-corrected chi connectivity index (χ4v) is 2.69. The molecule has 1 aliphatic rings. The molecule has 3 rings (SSSR count). The first kappa shape index (κ1) is 12.2. The lowest BCUT2D eigenvalue weighted by Crippen LogP contribution is -2.30.